The second kappa shape index (κ2) is 3.97. The van der Waals surface area contributed by atoms with Crippen LogP contribution in [0.4, 0.5) is 11.5 Å². The zero-order chi connectivity index (χ0) is 13.5. The van der Waals surface area contributed by atoms with E-state index in [4.69, 9.17) is 0 Å². The number of nitrogens with zero attached hydrogens (tertiary/aromatic N) is 3. The number of anilines is 1. The quantitative estimate of drug-likeness (QED) is 0.614. The van der Waals surface area contributed by atoms with Gasteiger partial charge in [0.05, 0.1) is 4.92 Å². The van der Waals surface area contributed by atoms with Crippen LogP contribution in [0.15, 0.2) is 0 Å². The van der Waals surface area contributed by atoms with Crippen LogP contribution < -0.4 is 5.32 Å². The third kappa shape index (κ3) is 1.69. The zero-order valence-corrected chi connectivity index (χ0v) is 10.1. The number of aryl methyl sites for hydroxylation is 2. The molecule has 1 aromatic heterocycles. The van der Waals surface area contributed by atoms with Crippen molar-refractivity contribution in [1.82, 2.24) is 9.78 Å². The van der Waals surface area contributed by atoms with Crippen LogP contribution in [0.25, 0.3) is 0 Å². The van der Waals surface area contributed by atoms with Crippen molar-refractivity contribution in [3.8, 4) is 0 Å². The number of rotatable bonds is 4. The molecule has 0 bridgehead atoms. The first kappa shape index (κ1) is 12.3. The molecule has 2 N–H and O–H groups in total. The van der Waals surface area contributed by atoms with Crippen LogP contribution in [-0.4, -0.2) is 31.3 Å². The lowest BCUT2D eigenvalue weighted by atomic mass is 9.77. The summed E-state index contributed by atoms with van der Waals surface area (Å²) in [5.74, 6) is -0.832. The maximum Gasteiger partial charge on any atom is 0.333 e. The fourth-order valence-corrected chi connectivity index (χ4v) is 2.15. The molecule has 8 heteroatoms. The summed E-state index contributed by atoms with van der Waals surface area (Å²) in [5, 5.41) is 26.9. The van der Waals surface area contributed by atoms with Gasteiger partial charge in [-0.05, 0) is 26.2 Å². The molecule has 2 rings (SSSR count). The molecule has 1 aliphatic carbocycles. The van der Waals surface area contributed by atoms with Gasteiger partial charge in [-0.25, -0.2) is 9.48 Å². The van der Waals surface area contributed by atoms with Gasteiger partial charge in [0.1, 0.15) is 11.2 Å². The van der Waals surface area contributed by atoms with E-state index in [0.29, 0.717) is 12.8 Å². The minimum atomic E-state index is -1.09. The van der Waals surface area contributed by atoms with Crippen LogP contribution in [0.1, 0.15) is 25.0 Å². The van der Waals surface area contributed by atoms with Crippen LogP contribution in [0.5, 0.6) is 0 Å². The second-order valence-corrected chi connectivity index (χ2v) is 4.53. The smallest absolute Gasteiger partial charge is 0.333 e. The lowest BCUT2D eigenvalue weighted by Gasteiger charge is -2.38. The molecule has 1 fully saturated rings. The SMILES string of the molecule is Cc1nn(C)c(NC2(C(=O)O)CCC2)c1[N+](=O)[O-]. The maximum absolute atomic E-state index is 11.2. The predicted molar refractivity (Wildman–Crippen MR) is 62.4 cm³/mol. The van der Waals surface area contributed by atoms with Crippen molar-refractivity contribution in [2.75, 3.05) is 5.32 Å². The van der Waals surface area contributed by atoms with Gasteiger partial charge in [0.2, 0.25) is 5.82 Å². The van der Waals surface area contributed by atoms with Crippen molar-refractivity contribution in [1.29, 1.82) is 0 Å². The lowest BCUT2D eigenvalue weighted by Crippen LogP contribution is -2.52. The molecule has 1 aromatic rings. The fourth-order valence-electron chi connectivity index (χ4n) is 2.15. The molecule has 1 heterocycles. The van der Waals surface area contributed by atoms with Gasteiger partial charge in [0.15, 0.2) is 0 Å². The minimum Gasteiger partial charge on any atom is -0.480 e. The number of hydrogen-bond donors (Lipinski definition) is 2. The van der Waals surface area contributed by atoms with Crippen molar-refractivity contribution >= 4 is 17.5 Å². The number of nitrogens with one attached hydrogen (secondary N) is 1. The third-order valence-corrected chi connectivity index (χ3v) is 3.35. The molecule has 0 amide bonds. The monoisotopic (exact) mass is 254 g/mol. The Bertz CT molecular complexity index is 518. The number of carboxylic acids is 1. The predicted octanol–water partition coefficient (Wildman–Crippen LogP) is 1.06. The zero-order valence-electron chi connectivity index (χ0n) is 10.1. The van der Waals surface area contributed by atoms with Crippen molar-refractivity contribution in [3.63, 3.8) is 0 Å². The summed E-state index contributed by atoms with van der Waals surface area (Å²) in [7, 11) is 1.55. The summed E-state index contributed by atoms with van der Waals surface area (Å²) in [5.41, 5.74) is -0.986. The maximum atomic E-state index is 11.2. The molecule has 0 unspecified atom stereocenters. The van der Waals surface area contributed by atoms with E-state index in [1.54, 1.807) is 7.05 Å². The average Bonchev–Trinajstić information content (AvgIpc) is 2.46. The topological polar surface area (TPSA) is 110 Å². The van der Waals surface area contributed by atoms with E-state index in [9.17, 15) is 20.0 Å². The van der Waals surface area contributed by atoms with Gasteiger partial charge in [0.25, 0.3) is 0 Å². The van der Waals surface area contributed by atoms with E-state index >= 15 is 0 Å². The number of aliphatic carboxylic acids is 1. The van der Waals surface area contributed by atoms with Crippen LogP contribution in [-0.2, 0) is 11.8 Å². The molecule has 18 heavy (non-hydrogen) atoms. The third-order valence-electron chi connectivity index (χ3n) is 3.35. The van der Waals surface area contributed by atoms with Crippen LogP contribution in [0, 0.1) is 17.0 Å². The molecular weight excluding hydrogens is 240 g/mol. The lowest BCUT2D eigenvalue weighted by molar-refractivity contribution is -0.384. The first-order valence-corrected chi connectivity index (χ1v) is 5.57. The van der Waals surface area contributed by atoms with Gasteiger partial charge in [0, 0.05) is 7.05 Å². The Labute approximate surface area is 103 Å². The molecule has 98 valence electrons. The molecule has 0 aliphatic heterocycles. The van der Waals surface area contributed by atoms with E-state index in [1.807, 2.05) is 0 Å². The first-order chi connectivity index (χ1) is 8.37. The number of hydrogen-bond acceptors (Lipinski definition) is 5. The van der Waals surface area contributed by atoms with Gasteiger partial charge in [-0.2, -0.15) is 5.10 Å². The molecule has 1 saturated carbocycles. The minimum absolute atomic E-state index is 0.152. The Hall–Kier alpha value is -2.12. The fraction of sp³-hybridized carbons (Fsp3) is 0.600. The Balaban J connectivity index is 2.40. The Morgan fingerprint density at radius 1 is 1.61 bits per heavy atom. The molecule has 0 atom stereocenters. The molecular formula is C10H14N4O4. The highest BCUT2D eigenvalue weighted by Crippen LogP contribution is 2.38. The van der Waals surface area contributed by atoms with Crippen LogP contribution in [0.3, 0.4) is 0 Å². The van der Waals surface area contributed by atoms with Gasteiger partial charge >= 0.3 is 11.7 Å². The Kier molecular flexibility index (Phi) is 2.72. The summed E-state index contributed by atoms with van der Waals surface area (Å²) in [6.07, 6.45) is 1.72. The standard InChI is InChI=1S/C10H14N4O4/c1-6-7(14(17)18)8(13(2)12-6)11-10(9(15)16)4-3-5-10/h11H,3-5H2,1-2H3,(H,15,16). The molecule has 0 radical (unpaired) electrons. The summed E-state index contributed by atoms with van der Waals surface area (Å²) >= 11 is 0. The molecule has 0 saturated heterocycles. The summed E-state index contributed by atoms with van der Waals surface area (Å²) in [4.78, 5) is 21.7. The number of carbonyl (C=O) groups is 1. The Morgan fingerprint density at radius 3 is 2.61 bits per heavy atom. The van der Waals surface area contributed by atoms with E-state index in [-0.39, 0.29) is 17.2 Å². The number of aromatic nitrogens is 2. The van der Waals surface area contributed by atoms with Gasteiger partial charge in [-0.15, -0.1) is 0 Å². The summed E-state index contributed by atoms with van der Waals surface area (Å²) in [6.45, 7) is 1.53. The molecule has 1 aliphatic rings. The van der Waals surface area contributed by atoms with Gasteiger partial charge in [-0.1, -0.05) is 0 Å². The normalized spacial score (nSPS) is 17.0. The molecule has 0 spiro atoms. The van der Waals surface area contributed by atoms with E-state index in [1.165, 1.54) is 11.6 Å². The van der Waals surface area contributed by atoms with Crippen molar-refractivity contribution in [3.05, 3.63) is 15.8 Å². The molecule has 0 aromatic carbocycles. The average molecular weight is 254 g/mol. The van der Waals surface area contributed by atoms with Crippen molar-refractivity contribution in [2.24, 2.45) is 7.05 Å². The summed E-state index contributed by atoms with van der Waals surface area (Å²) in [6, 6.07) is 0. The van der Waals surface area contributed by atoms with Gasteiger partial charge < -0.3 is 10.4 Å². The highest BCUT2D eigenvalue weighted by atomic mass is 16.6. The van der Waals surface area contributed by atoms with E-state index in [0.717, 1.165) is 6.42 Å². The Morgan fingerprint density at radius 2 is 2.22 bits per heavy atom. The van der Waals surface area contributed by atoms with E-state index in [2.05, 4.69) is 10.4 Å². The molecule has 8 nitrogen and oxygen atoms in total. The van der Waals surface area contributed by atoms with Crippen LogP contribution in [0.2, 0.25) is 0 Å². The highest BCUT2D eigenvalue weighted by Gasteiger charge is 2.46. The van der Waals surface area contributed by atoms with E-state index < -0.39 is 16.4 Å². The van der Waals surface area contributed by atoms with Crippen molar-refractivity contribution in [2.45, 2.75) is 31.7 Å². The highest BCUT2D eigenvalue weighted by molar-refractivity contribution is 5.84. The second-order valence-electron chi connectivity index (χ2n) is 4.53. The largest absolute Gasteiger partial charge is 0.480 e. The van der Waals surface area contributed by atoms with Gasteiger partial charge in [-0.3, -0.25) is 10.1 Å². The number of nitro groups is 1. The number of carboxylic acid groups (broad SMARTS) is 1. The first-order valence-electron chi connectivity index (χ1n) is 5.57. The summed E-state index contributed by atoms with van der Waals surface area (Å²) < 4.78 is 1.32. The van der Waals surface area contributed by atoms with Crippen molar-refractivity contribution < 1.29 is 14.8 Å². The van der Waals surface area contributed by atoms with Crippen LogP contribution >= 0.6 is 0 Å².